The second kappa shape index (κ2) is 7.71. The predicted octanol–water partition coefficient (Wildman–Crippen LogP) is 2.16. The van der Waals surface area contributed by atoms with Crippen LogP contribution in [0.25, 0.3) is 0 Å². The molecule has 0 unspecified atom stereocenters. The monoisotopic (exact) mass is 319 g/mol. The van der Waals surface area contributed by atoms with Crippen molar-refractivity contribution in [2.45, 2.75) is 10.1 Å². The number of anilines is 1. The molecule has 2 aromatic rings. The first-order valence-electron chi connectivity index (χ1n) is 6.06. The molecule has 1 heterocycles. The summed E-state index contributed by atoms with van der Waals surface area (Å²) in [6, 6.07) is 9.51. The molecule has 0 aliphatic rings. The molecular weight excluding hydrogens is 306 g/mol. The van der Waals surface area contributed by atoms with Crippen LogP contribution in [0.5, 0.6) is 0 Å². The molecule has 0 saturated heterocycles. The van der Waals surface area contributed by atoms with Crippen molar-refractivity contribution in [3.63, 3.8) is 0 Å². The Hall–Kier alpha value is -1.98. The maximum absolute atomic E-state index is 12.0. The van der Waals surface area contributed by atoms with Crippen LogP contribution in [0.1, 0.15) is 0 Å². The first kappa shape index (κ1) is 15.4. The number of nitriles is 1. The van der Waals surface area contributed by atoms with Crippen molar-refractivity contribution >= 4 is 35.1 Å². The van der Waals surface area contributed by atoms with Gasteiger partial charge < -0.3 is 9.88 Å². The van der Waals surface area contributed by atoms with Gasteiger partial charge in [-0.1, -0.05) is 23.9 Å². The van der Waals surface area contributed by atoms with Gasteiger partial charge in [0.1, 0.15) is 6.33 Å². The number of rotatable bonds is 6. The molecule has 21 heavy (non-hydrogen) atoms. The van der Waals surface area contributed by atoms with Crippen LogP contribution in [-0.2, 0) is 11.8 Å². The number of aromatic nitrogens is 3. The minimum Gasteiger partial charge on any atom is -0.324 e. The van der Waals surface area contributed by atoms with Gasteiger partial charge in [0, 0.05) is 11.9 Å². The summed E-state index contributed by atoms with van der Waals surface area (Å²) in [4.78, 5) is 12.9. The number of nitrogens with zero attached hydrogens (tertiary/aromatic N) is 4. The maximum atomic E-state index is 12.0. The highest BCUT2D eigenvalue weighted by molar-refractivity contribution is 8.00. The minimum absolute atomic E-state index is 0.118. The standard InChI is InChI=1S/C13H13N5OS2/c1-18-9-15-17-13(18)21-8-12(19)16-10-4-2-3-5-11(10)20-7-6-14/h2-5,9H,7-8H2,1H3,(H,16,19). The van der Waals surface area contributed by atoms with Crippen molar-refractivity contribution in [2.24, 2.45) is 7.05 Å². The van der Waals surface area contributed by atoms with Crippen molar-refractivity contribution in [1.82, 2.24) is 14.8 Å². The minimum atomic E-state index is -0.118. The molecule has 1 aromatic heterocycles. The summed E-state index contributed by atoms with van der Waals surface area (Å²) in [5.74, 6) is 0.484. The van der Waals surface area contributed by atoms with Crippen molar-refractivity contribution in [3.05, 3.63) is 30.6 Å². The molecule has 2 rings (SSSR count). The Bertz CT molecular complexity index is 665. The molecule has 108 valence electrons. The number of hydrogen-bond donors (Lipinski definition) is 1. The Morgan fingerprint density at radius 3 is 2.95 bits per heavy atom. The third kappa shape index (κ3) is 4.51. The van der Waals surface area contributed by atoms with E-state index in [2.05, 4.69) is 21.6 Å². The molecule has 0 saturated carbocycles. The second-order valence-electron chi connectivity index (χ2n) is 4.00. The fourth-order valence-corrected chi connectivity index (χ4v) is 2.88. The highest BCUT2D eigenvalue weighted by Gasteiger charge is 2.09. The summed E-state index contributed by atoms with van der Waals surface area (Å²) in [6.45, 7) is 0. The van der Waals surface area contributed by atoms with Crippen LogP contribution < -0.4 is 5.32 Å². The first-order chi connectivity index (χ1) is 10.2. The lowest BCUT2D eigenvalue weighted by Crippen LogP contribution is -2.15. The Kier molecular flexibility index (Phi) is 5.66. The van der Waals surface area contributed by atoms with Gasteiger partial charge in [-0.15, -0.1) is 22.0 Å². The van der Waals surface area contributed by atoms with E-state index in [0.717, 1.165) is 10.6 Å². The highest BCUT2D eigenvalue weighted by Crippen LogP contribution is 2.26. The topological polar surface area (TPSA) is 83.6 Å². The average molecular weight is 319 g/mol. The van der Waals surface area contributed by atoms with E-state index in [1.54, 1.807) is 10.9 Å². The lowest BCUT2D eigenvalue weighted by molar-refractivity contribution is -0.113. The van der Waals surface area contributed by atoms with E-state index >= 15 is 0 Å². The molecule has 1 N–H and O–H groups in total. The number of hydrogen-bond acceptors (Lipinski definition) is 6. The lowest BCUT2D eigenvalue weighted by atomic mass is 10.3. The molecule has 8 heteroatoms. The van der Waals surface area contributed by atoms with Crippen LogP contribution in [-0.4, -0.2) is 32.2 Å². The van der Waals surface area contributed by atoms with Crippen molar-refractivity contribution in [2.75, 3.05) is 16.8 Å². The smallest absolute Gasteiger partial charge is 0.234 e. The maximum Gasteiger partial charge on any atom is 0.234 e. The van der Waals surface area contributed by atoms with E-state index in [1.807, 2.05) is 31.3 Å². The van der Waals surface area contributed by atoms with Crippen molar-refractivity contribution in [1.29, 1.82) is 5.26 Å². The van der Waals surface area contributed by atoms with Gasteiger partial charge in [-0.3, -0.25) is 4.79 Å². The molecule has 0 fully saturated rings. The summed E-state index contributed by atoms with van der Waals surface area (Å²) >= 11 is 2.72. The molecule has 0 spiro atoms. The molecule has 0 bridgehead atoms. The van der Waals surface area contributed by atoms with Gasteiger partial charge in [-0.2, -0.15) is 5.26 Å². The lowest BCUT2D eigenvalue weighted by Gasteiger charge is -2.09. The van der Waals surface area contributed by atoms with Crippen LogP contribution in [0.4, 0.5) is 5.69 Å². The molecule has 0 aliphatic carbocycles. The largest absolute Gasteiger partial charge is 0.324 e. The number of carbonyl (C=O) groups excluding carboxylic acids is 1. The van der Waals surface area contributed by atoms with Crippen LogP contribution in [0.3, 0.4) is 0 Å². The van der Waals surface area contributed by atoms with E-state index in [4.69, 9.17) is 5.26 Å². The Morgan fingerprint density at radius 2 is 2.24 bits per heavy atom. The predicted molar refractivity (Wildman–Crippen MR) is 83.1 cm³/mol. The zero-order valence-electron chi connectivity index (χ0n) is 11.3. The van der Waals surface area contributed by atoms with E-state index in [9.17, 15) is 4.79 Å². The third-order valence-corrected chi connectivity index (χ3v) is 4.43. The Balaban J connectivity index is 1.93. The number of benzene rings is 1. The van der Waals surface area contributed by atoms with Crippen LogP contribution >= 0.6 is 23.5 Å². The van der Waals surface area contributed by atoms with Gasteiger partial charge in [0.05, 0.1) is 23.3 Å². The molecule has 0 aliphatic heterocycles. The van der Waals surface area contributed by atoms with Crippen LogP contribution in [0.2, 0.25) is 0 Å². The van der Waals surface area contributed by atoms with Gasteiger partial charge in [-0.25, -0.2) is 0 Å². The number of amides is 1. The molecule has 6 nitrogen and oxygen atoms in total. The number of carbonyl (C=O) groups is 1. The third-order valence-electron chi connectivity index (χ3n) is 2.46. The van der Waals surface area contributed by atoms with E-state index in [0.29, 0.717) is 10.9 Å². The fraction of sp³-hybridized carbons (Fsp3) is 0.231. The second-order valence-corrected chi connectivity index (χ2v) is 5.96. The molecule has 0 atom stereocenters. The summed E-state index contributed by atoms with van der Waals surface area (Å²) in [5.41, 5.74) is 0.723. The van der Waals surface area contributed by atoms with Crippen molar-refractivity contribution < 1.29 is 4.79 Å². The fourth-order valence-electron chi connectivity index (χ4n) is 1.53. The number of para-hydroxylation sites is 1. The number of thioether (sulfide) groups is 2. The SMILES string of the molecule is Cn1cnnc1SCC(=O)Nc1ccccc1SCC#N. The first-order valence-corrected chi connectivity index (χ1v) is 8.03. The summed E-state index contributed by atoms with van der Waals surface area (Å²) in [7, 11) is 1.83. The summed E-state index contributed by atoms with van der Waals surface area (Å²) < 4.78 is 1.76. The van der Waals surface area contributed by atoms with E-state index in [1.165, 1.54) is 23.5 Å². The number of aryl methyl sites for hydroxylation is 1. The zero-order chi connectivity index (χ0) is 15.1. The van der Waals surface area contributed by atoms with Gasteiger partial charge in [0.25, 0.3) is 0 Å². The quantitative estimate of drug-likeness (QED) is 0.822. The average Bonchev–Trinajstić information content (AvgIpc) is 2.89. The van der Waals surface area contributed by atoms with Crippen LogP contribution in [0.15, 0.2) is 40.6 Å². The van der Waals surface area contributed by atoms with Gasteiger partial charge in [0.2, 0.25) is 5.91 Å². The Labute approximate surface area is 130 Å². The highest BCUT2D eigenvalue weighted by atomic mass is 32.2. The van der Waals surface area contributed by atoms with Gasteiger partial charge in [-0.05, 0) is 12.1 Å². The summed E-state index contributed by atoms with van der Waals surface area (Å²) in [5, 5.41) is 19.9. The van der Waals surface area contributed by atoms with Gasteiger partial charge >= 0.3 is 0 Å². The van der Waals surface area contributed by atoms with Gasteiger partial charge in [0.15, 0.2) is 5.16 Å². The summed E-state index contributed by atoms with van der Waals surface area (Å²) in [6.07, 6.45) is 1.59. The van der Waals surface area contributed by atoms with Crippen LogP contribution in [0, 0.1) is 11.3 Å². The number of nitrogens with one attached hydrogen (secondary N) is 1. The molecule has 1 aromatic carbocycles. The van der Waals surface area contributed by atoms with E-state index < -0.39 is 0 Å². The normalized spacial score (nSPS) is 10.1. The van der Waals surface area contributed by atoms with E-state index in [-0.39, 0.29) is 11.7 Å². The zero-order valence-corrected chi connectivity index (χ0v) is 12.9. The molecule has 0 radical (unpaired) electrons. The molecular formula is C13H13N5OS2. The molecule has 1 amide bonds. The van der Waals surface area contributed by atoms with Crippen molar-refractivity contribution in [3.8, 4) is 6.07 Å². The Morgan fingerprint density at radius 1 is 1.43 bits per heavy atom.